The molecule has 30 rings (SSSR count). The Morgan fingerprint density at radius 1 is 0.127 bits per heavy atom. The predicted molar refractivity (Wildman–Crippen MR) is 624 cm³/mol. The van der Waals surface area contributed by atoms with Gasteiger partial charge in [-0.3, -0.25) is 0 Å². The van der Waals surface area contributed by atoms with Crippen molar-refractivity contribution >= 4 is 160 Å². The Morgan fingerprint density at radius 3 is 0.567 bits per heavy atom. The van der Waals surface area contributed by atoms with E-state index in [9.17, 15) is 0 Å². The lowest BCUT2D eigenvalue weighted by Crippen LogP contribution is -2.01. The van der Waals surface area contributed by atoms with E-state index >= 15 is 0 Å². The summed E-state index contributed by atoms with van der Waals surface area (Å²) in [6, 6.07) is 173. The average molecular weight is 1970 g/mol. The molecule has 15 heteroatoms. The lowest BCUT2D eigenvalue weighted by Gasteiger charge is -2.12. The summed E-state index contributed by atoms with van der Waals surface area (Å²) in [7, 11) is 0. The van der Waals surface area contributed by atoms with Gasteiger partial charge >= 0.3 is 0 Å². The fourth-order valence-corrected chi connectivity index (χ4v) is 25.8. The van der Waals surface area contributed by atoms with Gasteiger partial charge in [0.2, 0.25) is 0 Å². The normalized spacial score (nSPS) is 11.9. The van der Waals surface area contributed by atoms with Gasteiger partial charge in [-0.1, -0.05) is 364 Å². The Bertz CT molecular complexity index is 10700. The standard InChI is InChI=1S/C135H80N12S3/c1-3-21-81(22-4-1)82-41-51-88(52-42-82)129-138-130(142-134(141-129)94-63-69-101(70-64-94)146-116-36-14-8-30-104(116)110-74-77-113-107-33-11-17-39-119(107)149-125(113)122(110)146)90-55-45-84(46-56-90)98-27-20-28-99(80-98)86-49-59-92(60-50-86)132-139-131(143-135(144-132)95-65-71-102(72-66-95)147-117-37-15-9-31-105(117)111-75-78-114-108-34-12-18-40-120(108)150-126(114)123(111)147)91-57-47-85(48-58-91)97-26-19-25-96(79-97)83-43-53-89(54-44-83)128-136-127(87-23-5-2-6-24-87)137-133(140-128)93-61-67-100(68-62-93)145-115-35-13-7-29-103(115)109-73-76-112-106-32-10-16-38-118(106)148-124(112)121(109)145/h1-80H. The first-order valence-electron chi connectivity index (χ1n) is 50.2. The largest absolute Gasteiger partial charge is 0.308 e. The average Bonchev–Trinajstić information content (AvgIpc) is 1.57. The first kappa shape index (κ1) is 86.2. The molecule has 9 heterocycles. The van der Waals surface area contributed by atoms with Gasteiger partial charge in [0.15, 0.2) is 52.4 Å². The van der Waals surface area contributed by atoms with Crippen molar-refractivity contribution in [2.75, 3.05) is 0 Å². The quantitative estimate of drug-likeness (QED) is 0.0874. The molecule has 0 N–H and O–H groups in total. The number of thiophene rings is 3. The summed E-state index contributed by atoms with van der Waals surface area (Å²) in [6.07, 6.45) is 0. The van der Waals surface area contributed by atoms with Crippen molar-refractivity contribution < 1.29 is 0 Å². The SMILES string of the molecule is c1ccc(-c2ccc(-c3nc(-c4ccc(-c5cccc(-c6ccc(-c7nc(-c8ccc(-c9cccc(-c%10ccc(-c%11nc(-c%12ccccc%12)nc(-c%12ccc(-n%13c%14ccccc%14c%14ccc%15c%16ccccc%16sc%15c%14%13)cc%12)n%11)cc%10)c9)cc8)nc(-c8ccc(-n9c%10ccccc%10c%10ccc%11c%12ccccc%12sc%11c%109)cc8)n7)cc6)c5)cc4)nc(-c4ccc(-n5c6ccccc6c6ccc7c8ccccc8sc7c65)cc4)n3)cc2)cc1. The zero-order chi connectivity index (χ0) is 98.5. The minimum absolute atomic E-state index is 0.556. The molecule has 21 aromatic carbocycles. The summed E-state index contributed by atoms with van der Waals surface area (Å²) in [6.45, 7) is 0. The summed E-state index contributed by atoms with van der Waals surface area (Å²) >= 11 is 5.57. The molecular formula is C135H80N12S3. The number of para-hydroxylation sites is 3. The van der Waals surface area contributed by atoms with E-state index in [-0.39, 0.29) is 0 Å². The monoisotopic (exact) mass is 1960 g/mol. The number of benzene rings is 21. The van der Waals surface area contributed by atoms with Gasteiger partial charge in [0.25, 0.3) is 0 Å². The Balaban J connectivity index is 0.459. The van der Waals surface area contributed by atoms with E-state index in [2.05, 4.69) is 475 Å². The van der Waals surface area contributed by atoms with Crippen LogP contribution in [0.4, 0.5) is 0 Å². The fourth-order valence-electron chi connectivity index (χ4n) is 22.1. The van der Waals surface area contributed by atoms with Gasteiger partial charge in [-0.15, -0.1) is 34.0 Å². The molecule has 0 saturated heterocycles. The van der Waals surface area contributed by atoms with Gasteiger partial charge in [-0.2, -0.15) is 0 Å². The number of fused-ring (bicyclic) bond motifs is 21. The Labute approximate surface area is 872 Å². The van der Waals surface area contributed by atoms with E-state index in [1.807, 2.05) is 58.3 Å². The van der Waals surface area contributed by atoms with Crippen LogP contribution in [0.25, 0.3) is 301 Å². The van der Waals surface area contributed by atoms with Gasteiger partial charge < -0.3 is 13.7 Å². The number of aromatic nitrogens is 12. The molecule has 698 valence electrons. The number of hydrogen-bond donors (Lipinski definition) is 0. The minimum atomic E-state index is 0.556. The van der Waals surface area contributed by atoms with Crippen LogP contribution in [-0.4, -0.2) is 58.6 Å². The molecule has 0 aliphatic heterocycles. The van der Waals surface area contributed by atoms with Crippen LogP contribution in [0.1, 0.15) is 0 Å². The van der Waals surface area contributed by atoms with Crippen molar-refractivity contribution in [1.82, 2.24) is 58.6 Å². The molecule has 30 aromatic rings. The highest BCUT2D eigenvalue weighted by Crippen LogP contribution is 2.49. The zero-order valence-electron chi connectivity index (χ0n) is 80.3. The van der Waals surface area contributed by atoms with Crippen LogP contribution in [0.5, 0.6) is 0 Å². The molecular weight excluding hydrogens is 1890 g/mol. The Morgan fingerprint density at radius 2 is 0.307 bits per heavy atom. The Kier molecular flexibility index (Phi) is 20.3. The molecule has 0 unspecified atom stereocenters. The highest BCUT2D eigenvalue weighted by Gasteiger charge is 2.27. The number of rotatable bonds is 17. The van der Waals surface area contributed by atoms with Crippen molar-refractivity contribution in [2.45, 2.75) is 0 Å². The summed E-state index contributed by atoms with van der Waals surface area (Å²) < 4.78 is 14.9. The molecule has 12 nitrogen and oxygen atoms in total. The van der Waals surface area contributed by atoms with E-state index < -0.39 is 0 Å². The van der Waals surface area contributed by atoms with Crippen LogP contribution in [0.2, 0.25) is 0 Å². The molecule has 0 spiro atoms. The molecule has 0 amide bonds. The third kappa shape index (κ3) is 14.7. The molecule has 0 atom stereocenters. The predicted octanol–water partition coefficient (Wildman–Crippen LogP) is 36.0. The second-order valence-corrected chi connectivity index (χ2v) is 41.4. The third-order valence-electron chi connectivity index (χ3n) is 29.5. The molecule has 0 aliphatic carbocycles. The van der Waals surface area contributed by atoms with Crippen LogP contribution in [-0.2, 0) is 0 Å². The van der Waals surface area contributed by atoms with E-state index in [0.717, 1.165) is 139 Å². The van der Waals surface area contributed by atoms with Crippen molar-refractivity contribution in [3.05, 3.63) is 485 Å². The minimum Gasteiger partial charge on any atom is -0.308 e. The van der Waals surface area contributed by atoms with Gasteiger partial charge in [-0.25, -0.2) is 44.9 Å². The molecule has 150 heavy (non-hydrogen) atoms. The summed E-state index contributed by atoms with van der Waals surface area (Å²) in [5.74, 6) is 5.21. The van der Waals surface area contributed by atoms with Gasteiger partial charge in [0.1, 0.15) is 0 Å². The smallest absolute Gasteiger partial charge is 0.164 e. The highest BCUT2D eigenvalue weighted by atomic mass is 32.1. The first-order valence-corrected chi connectivity index (χ1v) is 52.7. The van der Waals surface area contributed by atoms with Crippen molar-refractivity contribution in [2.24, 2.45) is 0 Å². The topological polar surface area (TPSA) is 131 Å². The summed E-state index contributed by atoms with van der Waals surface area (Å²) in [4.78, 5) is 47.5. The van der Waals surface area contributed by atoms with Crippen molar-refractivity contribution in [1.29, 1.82) is 0 Å². The van der Waals surface area contributed by atoms with E-state index in [1.54, 1.807) is 0 Å². The van der Waals surface area contributed by atoms with E-state index in [1.165, 1.54) is 109 Å². The zero-order valence-corrected chi connectivity index (χ0v) is 82.7. The third-order valence-corrected chi connectivity index (χ3v) is 33.1. The van der Waals surface area contributed by atoms with Crippen LogP contribution >= 0.6 is 34.0 Å². The molecule has 0 saturated carbocycles. The summed E-state index contributed by atoms with van der Waals surface area (Å²) in [5.41, 5.74) is 28.9. The Hall–Kier alpha value is -19.3. The molecule has 0 aliphatic rings. The lowest BCUT2D eigenvalue weighted by atomic mass is 9.97. The summed E-state index contributed by atoms with van der Waals surface area (Å²) in [5, 5.41) is 14.9. The highest BCUT2D eigenvalue weighted by molar-refractivity contribution is 7.27. The molecule has 0 radical (unpaired) electrons. The first-order chi connectivity index (χ1) is 74.3. The fraction of sp³-hybridized carbons (Fsp3) is 0. The van der Waals surface area contributed by atoms with Crippen LogP contribution in [0.3, 0.4) is 0 Å². The number of hydrogen-bond acceptors (Lipinski definition) is 12. The molecule has 9 aromatic heterocycles. The second kappa shape index (κ2) is 35.3. The van der Waals surface area contributed by atoms with Gasteiger partial charge in [0.05, 0.1) is 47.2 Å². The van der Waals surface area contributed by atoms with E-state index in [0.29, 0.717) is 52.4 Å². The van der Waals surface area contributed by atoms with Crippen molar-refractivity contribution in [3.63, 3.8) is 0 Å². The number of nitrogens with zero attached hydrogens (tertiary/aromatic N) is 12. The maximum absolute atomic E-state index is 5.38. The second-order valence-electron chi connectivity index (χ2n) is 38.2. The van der Waals surface area contributed by atoms with Crippen LogP contribution < -0.4 is 0 Å². The van der Waals surface area contributed by atoms with Gasteiger partial charge in [0, 0.05) is 146 Å². The maximum Gasteiger partial charge on any atom is 0.164 e. The van der Waals surface area contributed by atoms with Crippen molar-refractivity contribution in [3.8, 4) is 175 Å². The lowest BCUT2D eigenvalue weighted by molar-refractivity contribution is 1.07. The van der Waals surface area contributed by atoms with E-state index in [4.69, 9.17) is 44.9 Å². The molecule has 0 bridgehead atoms. The molecule has 0 fully saturated rings. The van der Waals surface area contributed by atoms with Crippen LogP contribution in [0, 0.1) is 0 Å². The van der Waals surface area contributed by atoms with Gasteiger partial charge in [-0.05, 0) is 177 Å². The van der Waals surface area contributed by atoms with Crippen LogP contribution in [0.15, 0.2) is 485 Å². The maximum atomic E-state index is 5.38.